The topological polar surface area (TPSA) is 56.0 Å². The number of aromatic nitrogens is 2. The van der Waals surface area contributed by atoms with Gasteiger partial charge in [0, 0.05) is 11.7 Å². The zero-order valence-electron chi connectivity index (χ0n) is 8.02. The van der Waals surface area contributed by atoms with Gasteiger partial charge in [0.05, 0.1) is 6.42 Å². The Morgan fingerprint density at radius 2 is 2.57 bits per heavy atom. The standard InChI is InChI=1S/C9H12N2O2S/c1-6(12)4-8-10-9(13-11-8)7-2-3-14-5-7/h7H,2-5H2,1H3. The van der Waals surface area contributed by atoms with Gasteiger partial charge < -0.3 is 4.52 Å². The normalized spacial score (nSPS) is 21.4. The molecule has 5 heteroatoms. The number of thioether (sulfide) groups is 1. The third kappa shape index (κ3) is 2.15. The van der Waals surface area contributed by atoms with Crippen LogP contribution in [0.15, 0.2) is 4.52 Å². The van der Waals surface area contributed by atoms with Gasteiger partial charge in [-0.25, -0.2) is 0 Å². The summed E-state index contributed by atoms with van der Waals surface area (Å²) in [7, 11) is 0. The summed E-state index contributed by atoms with van der Waals surface area (Å²) in [5.41, 5.74) is 0. The number of Topliss-reactive ketones (excluding diaryl/α,β-unsaturated/α-hetero) is 1. The molecule has 1 fully saturated rings. The van der Waals surface area contributed by atoms with Crippen molar-refractivity contribution in [2.45, 2.75) is 25.7 Å². The Hall–Kier alpha value is -0.840. The van der Waals surface area contributed by atoms with E-state index in [0.717, 1.165) is 17.9 Å². The maximum absolute atomic E-state index is 10.8. The molecular weight excluding hydrogens is 200 g/mol. The minimum absolute atomic E-state index is 0.0677. The van der Waals surface area contributed by atoms with Crippen molar-refractivity contribution < 1.29 is 9.32 Å². The summed E-state index contributed by atoms with van der Waals surface area (Å²) in [6.07, 6.45) is 1.38. The van der Waals surface area contributed by atoms with Gasteiger partial charge in [0.15, 0.2) is 5.82 Å². The Morgan fingerprint density at radius 1 is 1.71 bits per heavy atom. The summed E-state index contributed by atoms with van der Waals surface area (Å²) in [5.74, 6) is 3.90. The molecule has 0 amide bonds. The molecule has 0 radical (unpaired) electrons. The van der Waals surface area contributed by atoms with Gasteiger partial charge in [-0.05, 0) is 19.1 Å². The van der Waals surface area contributed by atoms with Crippen LogP contribution in [0.1, 0.15) is 31.0 Å². The number of hydrogen-bond acceptors (Lipinski definition) is 5. The molecule has 0 aromatic carbocycles. The van der Waals surface area contributed by atoms with Crippen LogP contribution in [0.5, 0.6) is 0 Å². The van der Waals surface area contributed by atoms with E-state index in [1.807, 2.05) is 11.8 Å². The largest absolute Gasteiger partial charge is 0.339 e. The van der Waals surface area contributed by atoms with Crippen molar-refractivity contribution in [3.63, 3.8) is 0 Å². The number of hydrogen-bond donors (Lipinski definition) is 0. The molecule has 14 heavy (non-hydrogen) atoms. The van der Waals surface area contributed by atoms with E-state index in [4.69, 9.17) is 4.52 Å². The monoisotopic (exact) mass is 212 g/mol. The minimum Gasteiger partial charge on any atom is -0.339 e. The molecule has 0 N–H and O–H groups in total. The lowest BCUT2D eigenvalue weighted by Crippen LogP contribution is -2.00. The Balaban J connectivity index is 2.05. The lowest BCUT2D eigenvalue weighted by atomic mass is 10.1. The van der Waals surface area contributed by atoms with Gasteiger partial charge in [-0.15, -0.1) is 0 Å². The average Bonchev–Trinajstić information content (AvgIpc) is 2.69. The van der Waals surface area contributed by atoms with Crippen molar-refractivity contribution in [2.75, 3.05) is 11.5 Å². The second-order valence-electron chi connectivity index (χ2n) is 3.49. The SMILES string of the molecule is CC(=O)Cc1noc(C2CCSC2)n1. The molecule has 1 atom stereocenters. The fourth-order valence-electron chi connectivity index (χ4n) is 1.46. The molecule has 1 aromatic rings. The fourth-order valence-corrected chi connectivity index (χ4v) is 2.67. The van der Waals surface area contributed by atoms with E-state index < -0.39 is 0 Å². The first-order valence-electron chi connectivity index (χ1n) is 4.65. The quantitative estimate of drug-likeness (QED) is 0.758. The molecule has 2 heterocycles. The molecule has 0 bridgehead atoms. The zero-order valence-corrected chi connectivity index (χ0v) is 8.84. The third-order valence-electron chi connectivity index (χ3n) is 2.17. The summed E-state index contributed by atoms with van der Waals surface area (Å²) in [4.78, 5) is 15.0. The molecule has 0 saturated carbocycles. The summed E-state index contributed by atoms with van der Waals surface area (Å²) in [6, 6.07) is 0. The van der Waals surface area contributed by atoms with Crippen LogP contribution in [0.2, 0.25) is 0 Å². The Bertz CT molecular complexity index is 331. The first-order chi connectivity index (χ1) is 6.75. The molecule has 1 aromatic heterocycles. The Kier molecular flexibility index (Phi) is 2.86. The average molecular weight is 212 g/mol. The minimum atomic E-state index is 0.0677. The molecule has 76 valence electrons. The van der Waals surface area contributed by atoms with Gasteiger partial charge in [0.25, 0.3) is 0 Å². The highest BCUT2D eigenvalue weighted by Gasteiger charge is 2.23. The molecule has 1 aliphatic rings. The van der Waals surface area contributed by atoms with Crippen molar-refractivity contribution in [1.29, 1.82) is 0 Å². The van der Waals surface area contributed by atoms with Gasteiger partial charge in [-0.2, -0.15) is 16.7 Å². The fraction of sp³-hybridized carbons (Fsp3) is 0.667. The molecule has 4 nitrogen and oxygen atoms in total. The Labute approximate surface area is 86.4 Å². The van der Waals surface area contributed by atoms with E-state index in [1.54, 1.807) is 0 Å². The maximum Gasteiger partial charge on any atom is 0.230 e. The maximum atomic E-state index is 10.8. The number of carbonyl (C=O) groups excluding carboxylic acids is 1. The van der Waals surface area contributed by atoms with Crippen LogP contribution in [0.4, 0.5) is 0 Å². The number of rotatable bonds is 3. The van der Waals surface area contributed by atoms with Gasteiger partial charge in [-0.1, -0.05) is 5.16 Å². The predicted octanol–water partition coefficient (Wildman–Crippen LogP) is 1.42. The molecule has 1 aliphatic heterocycles. The van der Waals surface area contributed by atoms with Crippen molar-refractivity contribution >= 4 is 17.5 Å². The number of nitrogens with zero attached hydrogens (tertiary/aromatic N) is 2. The van der Waals surface area contributed by atoms with E-state index in [1.165, 1.54) is 6.92 Å². The highest BCUT2D eigenvalue weighted by molar-refractivity contribution is 7.99. The molecule has 0 aliphatic carbocycles. The van der Waals surface area contributed by atoms with Crippen LogP contribution in [-0.4, -0.2) is 27.4 Å². The smallest absolute Gasteiger partial charge is 0.230 e. The van der Waals surface area contributed by atoms with Gasteiger partial charge in [0.2, 0.25) is 5.89 Å². The molecule has 1 unspecified atom stereocenters. The summed E-state index contributed by atoms with van der Waals surface area (Å²) >= 11 is 1.91. The highest BCUT2D eigenvalue weighted by Crippen LogP contribution is 2.31. The van der Waals surface area contributed by atoms with Crippen LogP contribution in [0.25, 0.3) is 0 Å². The van der Waals surface area contributed by atoms with Crippen LogP contribution in [0.3, 0.4) is 0 Å². The van der Waals surface area contributed by atoms with E-state index >= 15 is 0 Å². The van der Waals surface area contributed by atoms with Gasteiger partial charge in [-0.3, -0.25) is 4.79 Å². The lowest BCUT2D eigenvalue weighted by Gasteiger charge is -1.97. The number of ketones is 1. The first kappa shape index (κ1) is 9.71. The third-order valence-corrected chi connectivity index (χ3v) is 3.33. The van der Waals surface area contributed by atoms with Crippen molar-refractivity contribution in [3.05, 3.63) is 11.7 Å². The van der Waals surface area contributed by atoms with Crippen LogP contribution >= 0.6 is 11.8 Å². The molecule has 0 spiro atoms. The molecular formula is C9H12N2O2S. The Morgan fingerprint density at radius 3 is 3.21 bits per heavy atom. The second-order valence-corrected chi connectivity index (χ2v) is 4.64. The van der Waals surface area contributed by atoms with Crippen LogP contribution in [0, 0.1) is 0 Å². The van der Waals surface area contributed by atoms with Crippen molar-refractivity contribution in [2.24, 2.45) is 0 Å². The van der Waals surface area contributed by atoms with E-state index in [9.17, 15) is 4.79 Å². The second kappa shape index (κ2) is 4.13. The van der Waals surface area contributed by atoms with Gasteiger partial charge >= 0.3 is 0 Å². The predicted molar refractivity (Wildman–Crippen MR) is 53.4 cm³/mol. The lowest BCUT2D eigenvalue weighted by molar-refractivity contribution is -0.116. The van der Waals surface area contributed by atoms with Crippen LogP contribution in [-0.2, 0) is 11.2 Å². The number of carbonyl (C=O) groups is 1. The van der Waals surface area contributed by atoms with Crippen molar-refractivity contribution in [3.8, 4) is 0 Å². The zero-order chi connectivity index (χ0) is 9.97. The van der Waals surface area contributed by atoms with E-state index in [2.05, 4.69) is 10.1 Å². The van der Waals surface area contributed by atoms with Crippen molar-refractivity contribution in [1.82, 2.24) is 10.1 Å². The first-order valence-corrected chi connectivity index (χ1v) is 5.81. The molecule has 2 rings (SSSR count). The summed E-state index contributed by atoms with van der Waals surface area (Å²) < 4.78 is 5.12. The molecule has 1 saturated heterocycles. The summed E-state index contributed by atoms with van der Waals surface area (Å²) in [6.45, 7) is 1.53. The van der Waals surface area contributed by atoms with E-state index in [-0.39, 0.29) is 12.2 Å². The van der Waals surface area contributed by atoms with Gasteiger partial charge in [0.1, 0.15) is 5.78 Å². The summed E-state index contributed by atoms with van der Waals surface area (Å²) in [5, 5.41) is 3.78. The van der Waals surface area contributed by atoms with Crippen LogP contribution < -0.4 is 0 Å². The highest BCUT2D eigenvalue weighted by atomic mass is 32.2. The van der Waals surface area contributed by atoms with E-state index in [0.29, 0.717) is 17.6 Å².